The van der Waals surface area contributed by atoms with E-state index in [2.05, 4.69) is 0 Å². The van der Waals surface area contributed by atoms with E-state index in [1.165, 1.54) is 37.3 Å². The summed E-state index contributed by atoms with van der Waals surface area (Å²) < 4.78 is 50.3. The predicted octanol–water partition coefficient (Wildman–Crippen LogP) is 3.71. The minimum Gasteiger partial charge on any atom is -0.493 e. The molecule has 3 rings (SSSR count). The molecule has 166 valence electrons. The standard InChI is InChI=1S/C22H23F3N2O4/c1-30-18-9-8-15(14-19(18)31-2)20(28)26-10-5-11-27(13-12-26)21(29)16-6-3-4-7-17(16)22(23,24)25/h3-4,6-9,14H,5,10-13H2,1-2H3. The number of amides is 2. The smallest absolute Gasteiger partial charge is 0.417 e. The fourth-order valence-corrected chi connectivity index (χ4v) is 3.56. The number of ether oxygens (including phenoxy) is 2. The zero-order chi connectivity index (χ0) is 22.6. The Morgan fingerprint density at radius 3 is 2.06 bits per heavy atom. The molecule has 1 aliphatic rings. The highest BCUT2D eigenvalue weighted by Crippen LogP contribution is 2.32. The Morgan fingerprint density at radius 2 is 1.45 bits per heavy atom. The molecular formula is C22H23F3N2O4. The van der Waals surface area contributed by atoms with E-state index in [1.807, 2.05) is 0 Å². The quantitative estimate of drug-likeness (QED) is 0.733. The van der Waals surface area contributed by atoms with Gasteiger partial charge in [0.15, 0.2) is 11.5 Å². The van der Waals surface area contributed by atoms with Crippen molar-refractivity contribution in [1.82, 2.24) is 9.80 Å². The summed E-state index contributed by atoms with van der Waals surface area (Å²) in [5.41, 5.74) is -0.933. The first-order valence-corrected chi connectivity index (χ1v) is 9.73. The average molecular weight is 436 g/mol. The molecule has 0 aromatic heterocycles. The molecule has 2 aromatic carbocycles. The highest BCUT2D eigenvalue weighted by atomic mass is 19.4. The van der Waals surface area contributed by atoms with E-state index in [-0.39, 0.29) is 31.1 Å². The van der Waals surface area contributed by atoms with Crippen LogP contribution in [0.1, 0.15) is 32.7 Å². The summed E-state index contributed by atoms with van der Waals surface area (Å²) in [5, 5.41) is 0. The summed E-state index contributed by atoms with van der Waals surface area (Å²) in [6, 6.07) is 9.58. The van der Waals surface area contributed by atoms with Crippen molar-refractivity contribution in [2.75, 3.05) is 40.4 Å². The molecule has 0 radical (unpaired) electrons. The Hall–Kier alpha value is -3.23. The van der Waals surface area contributed by atoms with Crippen molar-refractivity contribution < 1.29 is 32.2 Å². The molecule has 0 unspecified atom stereocenters. The second-order valence-electron chi connectivity index (χ2n) is 7.05. The Labute approximate surface area is 178 Å². The first-order chi connectivity index (χ1) is 14.8. The summed E-state index contributed by atoms with van der Waals surface area (Å²) in [6.07, 6.45) is -4.16. The second kappa shape index (κ2) is 9.28. The number of halogens is 3. The summed E-state index contributed by atoms with van der Waals surface area (Å²) in [6.45, 7) is 1.01. The predicted molar refractivity (Wildman–Crippen MR) is 107 cm³/mol. The Kier molecular flexibility index (Phi) is 6.72. The van der Waals surface area contributed by atoms with Crippen molar-refractivity contribution in [2.24, 2.45) is 0 Å². The largest absolute Gasteiger partial charge is 0.493 e. The van der Waals surface area contributed by atoms with Crippen molar-refractivity contribution in [2.45, 2.75) is 12.6 Å². The van der Waals surface area contributed by atoms with E-state index < -0.39 is 17.6 Å². The molecule has 0 atom stereocenters. The van der Waals surface area contributed by atoms with Crippen LogP contribution in [0.25, 0.3) is 0 Å². The van der Waals surface area contributed by atoms with Crippen LogP contribution in [-0.4, -0.2) is 62.0 Å². The Balaban J connectivity index is 1.74. The summed E-state index contributed by atoms with van der Waals surface area (Å²) in [4.78, 5) is 28.7. The number of benzene rings is 2. The van der Waals surface area contributed by atoms with E-state index in [4.69, 9.17) is 9.47 Å². The van der Waals surface area contributed by atoms with Crippen molar-refractivity contribution in [1.29, 1.82) is 0 Å². The fraction of sp³-hybridized carbons (Fsp3) is 0.364. The van der Waals surface area contributed by atoms with Crippen LogP contribution in [-0.2, 0) is 6.18 Å². The summed E-state index contributed by atoms with van der Waals surface area (Å²) >= 11 is 0. The lowest BCUT2D eigenvalue weighted by Crippen LogP contribution is -2.38. The number of rotatable bonds is 4. The molecule has 6 nitrogen and oxygen atoms in total. The van der Waals surface area contributed by atoms with Crippen LogP contribution < -0.4 is 9.47 Å². The number of alkyl halides is 3. The molecule has 1 aliphatic heterocycles. The van der Waals surface area contributed by atoms with Crippen LogP contribution in [0.3, 0.4) is 0 Å². The molecule has 0 spiro atoms. The SMILES string of the molecule is COc1ccc(C(=O)N2CCCN(C(=O)c3ccccc3C(F)(F)F)CC2)cc1OC. The van der Waals surface area contributed by atoms with Crippen LogP contribution in [0, 0.1) is 0 Å². The van der Waals surface area contributed by atoms with Gasteiger partial charge in [-0.15, -0.1) is 0 Å². The van der Waals surface area contributed by atoms with Crippen molar-refractivity contribution in [3.8, 4) is 11.5 Å². The number of methoxy groups -OCH3 is 2. The minimum atomic E-state index is -4.62. The van der Waals surface area contributed by atoms with Gasteiger partial charge in [-0.05, 0) is 36.8 Å². The van der Waals surface area contributed by atoms with E-state index in [0.717, 1.165) is 6.07 Å². The van der Waals surface area contributed by atoms with Gasteiger partial charge in [0, 0.05) is 31.7 Å². The van der Waals surface area contributed by atoms with Crippen LogP contribution in [0.15, 0.2) is 42.5 Å². The Morgan fingerprint density at radius 1 is 0.839 bits per heavy atom. The van der Waals surface area contributed by atoms with Gasteiger partial charge in [0.25, 0.3) is 11.8 Å². The highest BCUT2D eigenvalue weighted by Gasteiger charge is 2.36. The molecule has 2 aromatic rings. The van der Waals surface area contributed by atoms with Gasteiger partial charge in [0.1, 0.15) is 0 Å². The van der Waals surface area contributed by atoms with Gasteiger partial charge in [-0.3, -0.25) is 9.59 Å². The van der Waals surface area contributed by atoms with E-state index >= 15 is 0 Å². The van der Waals surface area contributed by atoms with Crippen LogP contribution in [0.2, 0.25) is 0 Å². The van der Waals surface area contributed by atoms with Crippen LogP contribution >= 0.6 is 0 Å². The van der Waals surface area contributed by atoms with E-state index in [0.29, 0.717) is 30.0 Å². The van der Waals surface area contributed by atoms with Gasteiger partial charge in [-0.25, -0.2) is 0 Å². The lowest BCUT2D eigenvalue weighted by atomic mass is 10.1. The average Bonchev–Trinajstić information content (AvgIpc) is 3.03. The third-order valence-corrected chi connectivity index (χ3v) is 5.16. The third kappa shape index (κ3) is 4.92. The molecule has 0 saturated carbocycles. The number of hydrogen-bond donors (Lipinski definition) is 0. The molecule has 9 heteroatoms. The number of nitrogens with zero attached hydrogens (tertiary/aromatic N) is 2. The minimum absolute atomic E-state index is 0.143. The molecule has 0 bridgehead atoms. The fourth-order valence-electron chi connectivity index (χ4n) is 3.56. The van der Waals surface area contributed by atoms with Gasteiger partial charge in [0.05, 0.1) is 25.3 Å². The van der Waals surface area contributed by atoms with Gasteiger partial charge < -0.3 is 19.3 Å². The second-order valence-corrected chi connectivity index (χ2v) is 7.05. The zero-order valence-electron chi connectivity index (χ0n) is 17.2. The maximum absolute atomic E-state index is 13.3. The maximum atomic E-state index is 13.3. The highest BCUT2D eigenvalue weighted by molar-refractivity contribution is 5.96. The van der Waals surface area contributed by atoms with Crippen LogP contribution in [0.4, 0.5) is 13.2 Å². The molecule has 31 heavy (non-hydrogen) atoms. The number of carbonyl (C=O) groups excluding carboxylic acids is 2. The molecule has 0 N–H and O–H groups in total. The van der Waals surface area contributed by atoms with Crippen molar-refractivity contribution >= 4 is 11.8 Å². The van der Waals surface area contributed by atoms with Crippen molar-refractivity contribution in [3.05, 3.63) is 59.2 Å². The van der Waals surface area contributed by atoms with Crippen LogP contribution in [0.5, 0.6) is 11.5 Å². The maximum Gasteiger partial charge on any atom is 0.417 e. The summed E-state index contributed by atoms with van der Waals surface area (Å²) in [5.74, 6) is -0.0157. The number of hydrogen-bond acceptors (Lipinski definition) is 4. The monoisotopic (exact) mass is 436 g/mol. The Bertz CT molecular complexity index is 962. The lowest BCUT2D eigenvalue weighted by Gasteiger charge is -2.23. The summed E-state index contributed by atoms with van der Waals surface area (Å²) in [7, 11) is 2.97. The molecule has 2 amide bonds. The normalized spacial score (nSPS) is 14.7. The molecular weight excluding hydrogens is 413 g/mol. The van der Waals surface area contributed by atoms with Gasteiger partial charge in [-0.1, -0.05) is 12.1 Å². The topological polar surface area (TPSA) is 59.1 Å². The molecule has 1 saturated heterocycles. The third-order valence-electron chi connectivity index (χ3n) is 5.16. The number of carbonyl (C=O) groups is 2. The lowest BCUT2D eigenvalue weighted by molar-refractivity contribution is -0.138. The van der Waals surface area contributed by atoms with E-state index in [9.17, 15) is 22.8 Å². The molecule has 1 fully saturated rings. The molecule has 0 aliphatic carbocycles. The van der Waals surface area contributed by atoms with E-state index in [1.54, 1.807) is 23.1 Å². The van der Waals surface area contributed by atoms with Gasteiger partial charge in [0.2, 0.25) is 0 Å². The first kappa shape index (κ1) is 22.5. The van der Waals surface area contributed by atoms with Gasteiger partial charge >= 0.3 is 6.18 Å². The van der Waals surface area contributed by atoms with Crippen molar-refractivity contribution in [3.63, 3.8) is 0 Å². The first-order valence-electron chi connectivity index (χ1n) is 9.73. The molecule has 1 heterocycles. The van der Waals surface area contributed by atoms with Gasteiger partial charge in [-0.2, -0.15) is 13.2 Å². The zero-order valence-corrected chi connectivity index (χ0v) is 17.2.